The third-order valence-electron chi connectivity index (χ3n) is 4.51. The van der Waals surface area contributed by atoms with Crippen molar-refractivity contribution in [3.8, 4) is 11.5 Å². The van der Waals surface area contributed by atoms with Crippen molar-refractivity contribution in [2.45, 2.75) is 24.9 Å². The highest BCUT2D eigenvalue weighted by atomic mass is 16.7. The number of carbonyl (C=O) groups is 2. The van der Waals surface area contributed by atoms with E-state index in [1.54, 1.807) is 0 Å². The van der Waals surface area contributed by atoms with Crippen LogP contribution in [0.15, 0.2) is 18.2 Å². The molecule has 2 saturated heterocycles. The lowest BCUT2D eigenvalue weighted by atomic mass is 9.88. The second-order valence-electron chi connectivity index (χ2n) is 5.80. The van der Waals surface area contributed by atoms with Gasteiger partial charge in [-0.3, -0.25) is 9.69 Å². The third kappa shape index (κ3) is 1.93. The Morgan fingerprint density at radius 3 is 2.82 bits per heavy atom. The lowest BCUT2D eigenvalue weighted by Crippen LogP contribution is -2.53. The van der Waals surface area contributed by atoms with Gasteiger partial charge in [0.1, 0.15) is 5.54 Å². The van der Waals surface area contributed by atoms with Gasteiger partial charge in [0, 0.05) is 5.56 Å². The molecule has 0 atom stereocenters. The van der Waals surface area contributed by atoms with Crippen LogP contribution in [0.25, 0.3) is 0 Å². The van der Waals surface area contributed by atoms with Crippen LogP contribution in [-0.2, 0) is 11.3 Å². The largest absolute Gasteiger partial charge is 0.454 e. The van der Waals surface area contributed by atoms with Crippen LogP contribution in [-0.4, -0.2) is 42.3 Å². The number of amides is 3. The predicted molar refractivity (Wildman–Crippen MR) is 76.5 cm³/mol. The van der Waals surface area contributed by atoms with Crippen LogP contribution in [0.2, 0.25) is 0 Å². The second-order valence-corrected chi connectivity index (χ2v) is 5.80. The van der Waals surface area contributed by atoms with Crippen LogP contribution in [0, 0.1) is 0 Å². The first-order valence-corrected chi connectivity index (χ1v) is 7.42. The van der Waals surface area contributed by atoms with E-state index in [1.165, 1.54) is 4.90 Å². The van der Waals surface area contributed by atoms with E-state index in [-0.39, 0.29) is 25.3 Å². The number of ether oxygens (including phenoxy) is 2. The molecule has 3 aliphatic heterocycles. The highest BCUT2D eigenvalue weighted by Gasteiger charge is 2.51. The molecule has 1 spiro atoms. The summed E-state index contributed by atoms with van der Waals surface area (Å²) in [5.41, 5.74) is 0.0435. The summed E-state index contributed by atoms with van der Waals surface area (Å²) in [6.45, 7) is 1.84. The molecule has 0 radical (unpaired) electrons. The van der Waals surface area contributed by atoms with Crippen LogP contribution in [0.1, 0.15) is 18.4 Å². The van der Waals surface area contributed by atoms with E-state index in [9.17, 15) is 9.59 Å². The van der Waals surface area contributed by atoms with Crippen molar-refractivity contribution in [2.75, 3.05) is 19.9 Å². The summed E-state index contributed by atoms with van der Waals surface area (Å²) in [5.74, 6) is 1.13. The van der Waals surface area contributed by atoms with Gasteiger partial charge in [-0.2, -0.15) is 0 Å². The number of urea groups is 1. The number of hydrogen-bond acceptors (Lipinski definition) is 5. The maximum absolute atomic E-state index is 12.7. The molecule has 7 nitrogen and oxygen atoms in total. The Morgan fingerprint density at radius 1 is 1.18 bits per heavy atom. The van der Waals surface area contributed by atoms with Crippen LogP contribution in [0.4, 0.5) is 4.79 Å². The second kappa shape index (κ2) is 4.88. The molecule has 2 fully saturated rings. The first-order valence-electron chi connectivity index (χ1n) is 7.42. The average molecular weight is 303 g/mol. The summed E-state index contributed by atoms with van der Waals surface area (Å²) in [6.07, 6.45) is 1.25. The number of carbonyl (C=O) groups excluding carboxylic acids is 2. The zero-order valence-electron chi connectivity index (χ0n) is 12.1. The summed E-state index contributed by atoms with van der Waals surface area (Å²) in [7, 11) is 0. The Kier molecular flexibility index (Phi) is 2.97. The van der Waals surface area contributed by atoms with Gasteiger partial charge >= 0.3 is 6.03 Å². The predicted octanol–water partition coefficient (Wildman–Crippen LogP) is 0.589. The van der Waals surface area contributed by atoms with E-state index in [4.69, 9.17) is 9.47 Å². The Hall–Kier alpha value is -2.28. The maximum atomic E-state index is 12.7. The molecule has 0 bridgehead atoms. The molecule has 4 rings (SSSR count). The molecule has 3 heterocycles. The molecule has 22 heavy (non-hydrogen) atoms. The Balaban J connectivity index is 1.60. The van der Waals surface area contributed by atoms with Gasteiger partial charge in [0.2, 0.25) is 6.79 Å². The van der Waals surface area contributed by atoms with Crippen LogP contribution in [0.3, 0.4) is 0 Å². The number of nitrogens with zero attached hydrogens (tertiary/aromatic N) is 1. The van der Waals surface area contributed by atoms with E-state index >= 15 is 0 Å². The summed E-state index contributed by atoms with van der Waals surface area (Å²) >= 11 is 0. The molecule has 3 amide bonds. The third-order valence-corrected chi connectivity index (χ3v) is 4.51. The van der Waals surface area contributed by atoms with Gasteiger partial charge in [-0.1, -0.05) is 12.1 Å². The van der Waals surface area contributed by atoms with Crippen LogP contribution < -0.4 is 20.1 Å². The first-order chi connectivity index (χ1) is 10.7. The zero-order valence-corrected chi connectivity index (χ0v) is 12.1. The fourth-order valence-electron chi connectivity index (χ4n) is 3.30. The van der Waals surface area contributed by atoms with Crippen molar-refractivity contribution < 1.29 is 19.1 Å². The zero-order chi connectivity index (χ0) is 15.2. The maximum Gasteiger partial charge on any atom is 0.325 e. The van der Waals surface area contributed by atoms with Crippen molar-refractivity contribution >= 4 is 11.9 Å². The number of hydrogen-bond donors (Lipinski definition) is 2. The number of rotatable bonds is 2. The number of imide groups is 1. The number of nitrogens with one attached hydrogen (secondary N) is 2. The van der Waals surface area contributed by atoms with E-state index < -0.39 is 5.54 Å². The van der Waals surface area contributed by atoms with Gasteiger partial charge in [0.05, 0.1) is 6.54 Å². The number of piperidine rings is 1. The van der Waals surface area contributed by atoms with Gasteiger partial charge in [-0.05, 0) is 32.0 Å². The van der Waals surface area contributed by atoms with Gasteiger partial charge in [-0.25, -0.2) is 4.79 Å². The summed E-state index contributed by atoms with van der Waals surface area (Å²) in [5, 5.41) is 6.09. The SMILES string of the molecule is O=C1NC2(CCNCC2)C(=O)N1Cc1cccc2c1OCO2. The van der Waals surface area contributed by atoms with Gasteiger partial charge < -0.3 is 20.1 Å². The molecular weight excluding hydrogens is 286 g/mol. The summed E-state index contributed by atoms with van der Waals surface area (Å²) in [4.78, 5) is 26.3. The van der Waals surface area contributed by atoms with E-state index in [0.29, 0.717) is 24.3 Å². The van der Waals surface area contributed by atoms with Crippen molar-refractivity contribution in [1.29, 1.82) is 0 Å². The lowest BCUT2D eigenvalue weighted by Gasteiger charge is -2.31. The van der Waals surface area contributed by atoms with E-state index in [2.05, 4.69) is 10.6 Å². The topological polar surface area (TPSA) is 79.9 Å². The molecule has 0 saturated carbocycles. The minimum atomic E-state index is -0.738. The molecule has 116 valence electrons. The molecule has 0 aliphatic carbocycles. The quantitative estimate of drug-likeness (QED) is 0.782. The van der Waals surface area contributed by atoms with Crippen molar-refractivity contribution in [1.82, 2.24) is 15.5 Å². The number of fused-ring (bicyclic) bond motifs is 1. The Bertz CT molecular complexity index is 640. The minimum Gasteiger partial charge on any atom is -0.454 e. The van der Waals surface area contributed by atoms with Crippen molar-refractivity contribution in [2.24, 2.45) is 0 Å². The van der Waals surface area contributed by atoms with Gasteiger partial charge in [0.15, 0.2) is 11.5 Å². The van der Waals surface area contributed by atoms with E-state index in [1.807, 2.05) is 18.2 Å². The Morgan fingerprint density at radius 2 is 2.00 bits per heavy atom. The van der Waals surface area contributed by atoms with Gasteiger partial charge in [0.25, 0.3) is 5.91 Å². The normalized spacial score (nSPS) is 22.3. The Labute approximate surface area is 127 Å². The van der Waals surface area contributed by atoms with Gasteiger partial charge in [-0.15, -0.1) is 0 Å². The fraction of sp³-hybridized carbons (Fsp3) is 0.467. The molecule has 0 unspecified atom stereocenters. The lowest BCUT2D eigenvalue weighted by molar-refractivity contribution is -0.132. The average Bonchev–Trinajstić information content (AvgIpc) is 3.08. The fourth-order valence-corrected chi connectivity index (χ4v) is 3.30. The minimum absolute atomic E-state index is 0.143. The highest BCUT2D eigenvalue weighted by Crippen LogP contribution is 2.37. The smallest absolute Gasteiger partial charge is 0.325 e. The molecule has 2 N–H and O–H groups in total. The molecule has 1 aromatic carbocycles. The summed E-state index contributed by atoms with van der Waals surface area (Å²) in [6, 6.07) is 5.16. The monoisotopic (exact) mass is 303 g/mol. The molecular formula is C15H17N3O4. The van der Waals surface area contributed by atoms with Crippen LogP contribution in [0.5, 0.6) is 11.5 Å². The van der Waals surface area contributed by atoms with Crippen molar-refractivity contribution in [3.63, 3.8) is 0 Å². The molecule has 1 aromatic rings. The molecule has 0 aromatic heterocycles. The standard InChI is InChI=1S/C15H17N3O4/c19-13-15(4-6-16-7-5-15)17-14(20)18(13)8-10-2-1-3-11-12(10)22-9-21-11/h1-3,16H,4-9H2,(H,17,20). The summed E-state index contributed by atoms with van der Waals surface area (Å²) < 4.78 is 10.8. The van der Waals surface area contributed by atoms with E-state index in [0.717, 1.165) is 18.7 Å². The molecule has 7 heteroatoms. The van der Waals surface area contributed by atoms with Crippen LogP contribution >= 0.6 is 0 Å². The first kappa shape index (κ1) is 13.4. The number of para-hydroxylation sites is 1. The highest BCUT2D eigenvalue weighted by molar-refractivity contribution is 6.07. The number of benzene rings is 1. The van der Waals surface area contributed by atoms with Crippen molar-refractivity contribution in [3.05, 3.63) is 23.8 Å². The molecule has 3 aliphatic rings.